The lowest BCUT2D eigenvalue weighted by atomic mass is 10.0. The van der Waals surface area contributed by atoms with Gasteiger partial charge in [-0.1, -0.05) is 42.5 Å². The van der Waals surface area contributed by atoms with E-state index in [1.165, 1.54) is 12.1 Å². The minimum Gasteiger partial charge on any atom is -0.460 e. The number of rotatable bonds is 5. The number of halogens is 1. The Morgan fingerprint density at radius 2 is 1.88 bits per heavy atom. The van der Waals surface area contributed by atoms with Crippen LogP contribution in [-0.2, 0) is 29.6 Å². The van der Waals surface area contributed by atoms with E-state index < -0.39 is 45.2 Å². The van der Waals surface area contributed by atoms with E-state index in [0.29, 0.717) is 11.1 Å². The van der Waals surface area contributed by atoms with E-state index in [1.807, 2.05) is 0 Å². The monoisotopic (exact) mass is 377 g/mol. The zero-order valence-electron chi connectivity index (χ0n) is 13.8. The second kappa shape index (κ2) is 6.80. The van der Waals surface area contributed by atoms with Gasteiger partial charge in [0.1, 0.15) is 11.6 Å². The molecular weight excluding hydrogens is 361 g/mol. The second-order valence-electron chi connectivity index (χ2n) is 5.85. The lowest BCUT2D eigenvalue weighted by Gasteiger charge is -2.11. The molecule has 1 heterocycles. The van der Waals surface area contributed by atoms with E-state index in [9.17, 15) is 17.6 Å². The molecule has 1 atom stereocenters. The molecule has 0 bridgehead atoms. The van der Waals surface area contributed by atoms with E-state index in [0.717, 1.165) is 0 Å². The molecule has 1 aliphatic heterocycles. The molecule has 1 unspecified atom stereocenters. The molecule has 6 nitrogen and oxygen atoms in total. The maximum Gasteiger partial charge on any atom is 0.313 e. The zero-order chi connectivity index (χ0) is 18.9. The lowest BCUT2D eigenvalue weighted by Crippen LogP contribution is -2.17. The predicted octanol–water partition coefficient (Wildman–Crippen LogP) is 2.45. The van der Waals surface area contributed by atoms with Gasteiger partial charge in [0, 0.05) is 5.56 Å². The van der Waals surface area contributed by atoms with Crippen LogP contribution in [0, 0.1) is 12.7 Å². The highest BCUT2D eigenvalue weighted by Gasteiger charge is 2.40. The Bertz CT molecular complexity index is 986. The summed E-state index contributed by atoms with van der Waals surface area (Å²) in [6.07, 6.45) is -1.38. The van der Waals surface area contributed by atoms with Crippen molar-refractivity contribution in [2.75, 3.05) is 0 Å². The van der Waals surface area contributed by atoms with Gasteiger partial charge in [0.05, 0.1) is 0 Å². The minimum atomic E-state index is -4.14. The standard InChI is InChI=1S/C18H16FNO5S/c1-11-7-8-13(14(19)9-11)16-15(21)17(18(20)24-16)25-26(22,23)10-12-5-3-2-4-6-12/h2-9,16H,10,20H2,1H3. The fourth-order valence-corrected chi connectivity index (χ4v) is 3.62. The molecule has 0 saturated carbocycles. The molecule has 26 heavy (non-hydrogen) atoms. The third-order valence-electron chi connectivity index (χ3n) is 3.77. The summed E-state index contributed by atoms with van der Waals surface area (Å²) in [6, 6.07) is 12.6. The van der Waals surface area contributed by atoms with Crippen LogP contribution in [0.3, 0.4) is 0 Å². The van der Waals surface area contributed by atoms with Crippen molar-refractivity contribution in [3.8, 4) is 0 Å². The first-order valence-corrected chi connectivity index (χ1v) is 9.27. The molecule has 0 radical (unpaired) electrons. The van der Waals surface area contributed by atoms with Crippen molar-refractivity contribution in [1.82, 2.24) is 0 Å². The van der Waals surface area contributed by atoms with Crippen molar-refractivity contribution < 1.29 is 26.5 Å². The highest BCUT2D eigenvalue weighted by atomic mass is 32.2. The number of nitrogens with two attached hydrogens (primary N) is 1. The molecular formula is C18H16FNO5S. The van der Waals surface area contributed by atoms with Crippen molar-refractivity contribution in [3.05, 3.63) is 82.7 Å². The van der Waals surface area contributed by atoms with Gasteiger partial charge in [-0.2, -0.15) is 8.42 Å². The maximum atomic E-state index is 14.1. The molecule has 0 amide bonds. The third kappa shape index (κ3) is 3.70. The number of ketones is 1. The molecule has 0 aromatic heterocycles. The molecule has 0 spiro atoms. The molecule has 0 aliphatic carbocycles. The Kier molecular flexibility index (Phi) is 4.69. The smallest absolute Gasteiger partial charge is 0.313 e. The Morgan fingerprint density at radius 3 is 2.54 bits per heavy atom. The molecule has 3 rings (SSSR count). The summed E-state index contributed by atoms with van der Waals surface area (Å²) in [5.41, 5.74) is 6.71. The van der Waals surface area contributed by atoms with E-state index >= 15 is 0 Å². The van der Waals surface area contributed by atoms with E-state index in [1.54, 1.807) is 43.3 Å². The largest absolute Gasteiger partial charge is 0.460 e. The van der Waals surface area contributed by atoms with Gasteiger partial charge in [-0.3, -0.25) is 4.79 Å². The first-order chi connectivity index (χ1) is 12.3. The highest BCUT2D eigenvalue weighted by Crippen LogP contribution is 2.34. The predicted molar refractivity (Wildman–Crippen MR) is 91.3 cm³/mol. The summed E-state index contributed by atoms with van der Waals surface area (Å²) in [6.45, 7) is 1.70. The second-order valence-corrected chi connectivity index (χ2v) is 7.42. The zero-order valence-corrected chi connectivity index (χ0v) is 14.6. The number of hydrogen-bond donors (Lipinski definition) is 1. The highest BCUT2D eigenvalue weighted by molar-refractivity contribution is 7.86. The van der Waals surface area contributed by atoms with E-state index in [2.05, 4.69) is 0 Å². The van der Waals surface area contributed by atoms with Crippen molar-refractivity contribution in [2.24, 2.45) is 5.73 Å². The van der Waals surface area contributed by atoms with Crippen LogP contribution in [0.15, 0.2) is 60.2 Å². The van der Waals surface area contributed by atoms with Gasteiger partial charge < -0.3 is 14.7 Å². The van der Waals surface area contributed by atoms with Gasteiger partial charge in [0.25, 0.3) is 0 Å². The van der Waals surface area contributed by atoms with Gasteiger partial charge in [-0.15, -0.1) is 0 Å². The SMILES string of the molecule is Cc1ccc(C2OC(N)=C(OS(=O)(=O)Cc3ccccc3)C2=O)c(F)c1. The lowest BCUT2D eigenvalue weighted by molar-refractivity contribution is -0.123. The van der Waals surface area contributed by atoms with Crippen molar-refractivity contribution in [2.45, 2.75) is 18.8 Å². The molecule has 0 fully saturated rings. The fourth-order valence-electron chi connectivity index (χ4n) is 2.54. The number of aryl methyl sites for hydroxylation is 1. The Morgan fingerprint density at radius 1 is 1.19 bits per heavy atom. The third-order valence-corrected chi connectivity index (χ3v) is 4.87. The number of benzene rings is 2. The van der Waals surface area contributed by atoms with Crippen molar-refractivity contribution in [3.63, 3.8) is 0 Å². The van der Waals surface area contributed by atoms with Crippen LogP contribution in [0.2, 0.25) is 0 Å². The first kappa shape index (κ1) is 17.9. The van der Waals surface area contributed by atoms with Crippen molar-refractivity contribution in [1.29, 1.82) is 0 Å². The van der Waals surface area contributed by atoms with Crippen LogP contribution in [0.25, 0.3) is 0 Å². The number of ether oxygens (including phenoxy) is 1. The molecule has 1 aliphatic rings. The summed E-state index contributed by atoms with van der Waals surface area (Å²) in [7, 11) is -4.14. The van der Waals surface area contributed by atoms with E-state index in [4.69, 9.17) is 14.7 Å². The average Bonchev–Trinajstić information content (AvgIpc) is 2.83. The molecule has 2 aromatic carbocycles. The number of Topliss-reactive ketones (excluding diaryl/α,β-unsaturated/α-hetero) is 1. The Hall–Kier alpha value is -2.87. The summed E-state index contributed by atoms with van der Waals surface area (Å²) < 4.78 is 48.6. The van der Waals surface area contributed by atoms with Gasteiger partial charge in [0.2, 0.25) is 17.4 Å². The Balaban J connectivity index is 1.80. The number of hydrogen-bond acceptors (Lipinski definition) is 6. The minimum absolute atomic E-state index is 0.0393. The average molecular weight is 377 g/mol. The fraction of sp³-hybridized carbons (Fsp3) is 0.167. The van der Waals surface area contributed by atoms with Crippen LogP contribution in [0.5, 0.6) is 0 Å². The Labute approximate surface area is 150 Å². The number of carbonyl (C=O) groups is 1. The van der Waals surface area contributed by atoms with Crippen LogP contribution in [-0.4, -0.2) is 14.2 Å². The molecule has 136 valence electrons. The first-order valence-electron chi connectivity index (χ1n) is 7.69. The number of carbonyl (C=O) groups excluding carboxylic acids is 1. The van der Waals surface area contributed by atoms with Gasteiger partial charge in [-0.05, 0) is 24.1 Å². The topological polar surface area (TPSA) is 95.7 Å². The van der Waals surface area contributed by atoms with Crippen LogP contribution in [0.1, 0.15) is 22.8 Å². The maximum absolute atomic E-state index is 14.1. The summed E-state index contributed by atoms with van der Waals surface area (Å²) in [5, 5.41) is 0. The summed E-state index contributed by atoms with van der Waals surface area (Å²) in [5.74, 6) is -3.06. The molecule has 8 heteroatoms. The van der Waals surface area contributed by atoms with Crippen LogP contribution < -0.4 is 5.73 Å². The van der Waals surface area contributed by atoms with Crippen molar-refractivity contribution >= 4 is 15.9 Å². The van der Waals surface area contributed by atoms with Crippen LogP contribution in [0.4, 0.5) is 4.39 Å². The molecule has 2 N–H and O–H groups in total. The van der Waals surface area contributed by atoms with Gasteiger partial charge >= 0.3 is 10.1 Å². The van der Waals surface area contributed by atoms with Gasteiger partial charge in [0.15, 0.2) is 6.10 Å². The van der Waals surface area contributed by atoms with Crippen LogP contribution >= 0.6 is 0 Å². The summed E-state index contributed by atoms with van der Waals surface area (Å²) in [4.78, 5) is 12.5. The normalized spacial score (nSPS) is 17.3. The molecule has 0 saturated heterocycles. The molecule has 2 aromatic rings. The summed E-state index contributed by atoms with van der Waals surface area (Å²) >= 11 is 0. The van der Waals surface area contributed by atoms with E-state index in [-0.39, 0.29) is 5.56 Å². The quantitative estimate of drug-likeness (QED) is 0.804. The van der Waals surface area contributed by atoms with Gasteiger partial charge in [-0.25, -0.2) is 4.39 Å².